The minimum absolute atomic E-state index is 0.337. The molecule has 0 aliphatic heterocycles. The summed E-state index contributed by atoms with van der Waals surface area (Å²) in [5.41, 5.74) is 0. The second-order valence-electron chi connectivity index (χ2n) is 1.42. The van der Waals surface area contributed by atoms with Crippen LogP contribution in [-0.4, -0.2) is 41.3 Å². The Morgan fingerprint density at radius 2 is 2.18 bits per heavy atom. The standard InChI is InChI=1S/C3H8O3.C3H4O2/c1-6-3(5)2-4;1-2-3(4)5/h3-5H,2H2,1H3;2H,1H2,(H,4,5). The molecule has 1 unspecified atom stereocenters. The van der Waals surface area contributed by atoms with Gasteiger partial charge in [0.2, 0.25) is 0 Å². The SMILES string of the molecule is C=CC(=O)O.COC(O)CO. The Bertz CT molecular complexity index is 108. The fourth-order valence-electron chi connectivity index (χ4n) is 0.0745. The van der Waals surface area contributed by atoms with Crippen LogP contribution in [0.1, 0.15) is 0 Å². The Hall–Kier alpha value is -0.910. The molecule has 0 radical (unpaired) electrons. The maximum absolute atomic E-state index is 9.25. The number of hydrogen-bond acceptors (Lipinski definition) is 4. The lowest BCUT2D eigenvalue weighted by Crippen LogP contribution is -2.12. The van der Waals surface area contributed by atoms with Gasteiger partial charge in [-0.15, -0.1) is 0 Å². The molecular formula is C6H12O5. The van der Waals surface area contributed by atoms with Crippen LogP contribution < -0.4 is 0 Å². The van der Waals surface area contributed by atoms with E-state index in [0.29, 0.717) is 0 Å². The number of carboxylic acid groups (broad SMARTS) is 1. The number of rotatable bonds is 3. The van der Waals surface area contributed by atoms with Crippen LogP contribution in [0.4, 0.5) is 0 Å². The van der Waals surface area contributed by atoms with E-state index in [1.54, 1.807) is 0 Å². The minimum Gasteiger partial charge on any atom is -0.478 e. The lowest BCUT2D eigenvalue weighted by molar-refractivity contribution is -0.131. The number of ether oxygens (including phenoxy) is 1. The van der Waals surface area contributed by atoms with E-state index < -0.39 is 12.3 Å². The quantitative estimate of drug-likeness (QED) is 0.375. The van der Waals surface area contributed by atoms with Gasteiger partial charge in [0.05, 0.1) is 6.61 Å². The van der Waals surface area contributed by atoms with E-state index in [4.69, 9.17) is 15.3 Å². The lowest BCUT2D eigenvalue weighted by atomic mass is 10.7. The number of carbonyl (C=O) groups is 1. The molecule has 0 amide bonds. The van der Waals surface area contributed by atoms with Crippen molar-refractivity contribution in [1.82, 2.24) is 0 Å². The van der Waals surface area contributed by atoms with Crippen molar-refractivity contribution >= 4 is 5.97 Å². The maximum Gasteiger partial charge on any atom is 0.327 e. The van der Waals surface area contributed by atoms with Crippen molar-refractivity contribution in [3.8, 4) is 0 Å². The summed E-state index contributed by atoms with van der Waals surface area (Å²) in [4.78, 5) is 9.25. The molecule has 0 aromatic heterocycles. The monoisotopic (exact) mass is 164 g/mol. The molecule has 0 aromatic carbocycles. The average Bonchev–Trinajstić information content (AvgIpc) is 2.04. The number of aliphatic hydroxyl groups excluding tert-OH is 2. The first-order chi connectivity index (χ1) is 5.08. The molecule has 66 valence electrons. The molecule has 0 bridgehead atoms. The van der Waals surface area contributed by atoms with Gasteiger partial charge in [0.15, 0.2) is 6.29 Å². The first kappa shape index (κ1) is 12.7. The third-order valence-corrected chi connectivity index (χ3v) is 0.603. The molecule has 0 rings (SSSR count). The summed E-state index contributed by atoms with van der Waals surface area (Å²) in [5, 5.41) is 23.8. The highest BCUT2D eigenvalue weighted by Crippen LogP contribution is 1.75. The molecule has 5 heteroatoms. The summed E-state index contributed by atoms with van der Waals surface area (Å²) < 4.78 is 4.20. The van der Waals surface area contributed by atoms with Crippen LogP contribution in [0.2, 0.25) is 0 Å². The minimum atomic E-state index is -1.01. The van der Waals surface area contributed by atoms with Crippen LogP contribution in [0, 0.1) is 0 Å². The van der Waals surface area contributed by atoms with Crippen LogP contribution in [0.15, 0.2) is 12.7 Å². The largest absolute Gasteiger partial charge is 0.478 e. The van der Waals surface area contributed by atoms with Crippen LogP contribution in [-0.2, 0) is 9.53 Å². The van der Waals surface area contributed by atoms with Crippen LogP contribution in [0.3, 0.4) is 0 Å². The topological polar surface area (TPSA) is 87.0 Å². The second kappa shape index (κ2) is 9.09. The summed E-state index contributed by atoms with van der Waals surface area (Å²) >= 11 is 0. The lowest BCUT2D eigenvalue weighted by Gasteiger charge is -1.99. The Morgan fingerprint density at radius 3 is 2.18 bits per heavy atom. The van der Waals surface area contributed by atoms with Gasteiger partial charge in [-0.3, -0.25) is 0 Å². The summed E-state index contributed by atoms with van der Waals surface area (Å²) in [7, 11) is 1.32. The van der Waals surface area contributed by atoms with Crippen LogP contribution >= 0.6 is 0 Å². The van der Waals surface area contributed by atoms with Gasteiger partial charge in [-0.1, -0.05) is 6.58 Å². The second-order valence-corrected chi connectivity index (χ2v) is 1.42. The Labute approximate surface area is 64.5 Å². The van der Waals surface area contributed by atoms with Gasteiger partial charge in [0.1, 0.15) is 0 Å². The number of methoxy groups -OCH3 is 1. The molecule has 3 N–H and O–H groups in total. The molecule has 1 atom stereocenters. The molecule has 0 saturated carbocycles. The molecule has 0 fully saturated rings. The Balaban J connectivity index is 0. The zero-order chi connectivity index (χ0) is 9.28. The predicted molar refractivity (Wildman–Crippen MR) is 37.9 cm³/mol. The summed E-state index contributed by atoms with van der Waals surface area (Å²) in [6.07, 6.45) is -0.176. The molecule has 5 nitrogen and oxygen atoms in total. The smallest absolute Gasteiger partial charge is 0.327 e. The molecular weight excluding hydrogens is 152 g/mol. The predicted octanol–water partition coefficient (Wildman–Crippen LogP) is -0.799. The van der Waals surface area contributed by atoms with Crippen LogP contribution in [0.25, 0.3) is 0 Å². The maximum atomic E-state index is 9.25. The van der Waals surface area contributed by atoms with Crippen molar-refractivity contribution in [3.05, 3.63) is 12.7 Å². The van der Waals surface area contributed by atoms with E-state index in [0.717, 1.165) is 6.08 Å². The van der Waals surface area contributed by atoms with Gasteiger partial charge in [-0.05, 0) is 0 Å². The molecule has 0 aliphatic rings. The highest BCUT2D eigenvalue weighted by Gasteiger charge is 1.92. The van der Waals surface area contributed by atoms with E-state index in [9.17, 15) is 4.79 Å². The normalized spacial score (nSPS) is 10.8. The van der Waals surface area contributed by atoms with Crippen molar-refractivity contribution < 1.29 is 24.9 Å². The average molecular weight is 164 g/mol. The number of hydrogen-bond donors (Lipinski definition) is 3. The van der Waals surface area contributed by atoms with Gasteiger partial charge in [0, 0.05) is 13.2 Å². The molecule has 11 heavy (non-hydrogen) atoms. The third-order valence-electron chi connectivity index (χ3n) is 0.603. The molecule has 0 spiro atoms. The molecule has 0 heterocycles. The Morgan fingerprint density at radius 1 is 1.82 bits per heavy atom. The highest BCUT2D eigenvalue weighted by atomic mass is 16.6. The van der Waals surface area contributed by atoms with E-state index >= 15 is 0 Å². The highest BCUT2D eigenvalue weighted by molar-refractivity contribution is 5.78. The van der Waals surface area contributed by atoms with Crippen LogP contribution in [0.5, 0.6) is 0 Å². The van der Waals surface area contributed by atoms with Gasteiger partial charge >= 0.3 is 5.97 Å². The van der Waals surface area contributed by atoms with Crippen molar-refractivity contribution in [1.29, 1.82) is 0 Å². The molecule has 0 aliphatic carbocycles. The third kappa shape index (κ3) is 17.6. The number of carboxylic acids is 1. The van der Waals surface area contributed by atoms with E-state index in [2.05, 4.69) is 11.3 Å². The summed E-state index contributed by atoms with van der Waals surface area (Å²) in [5.74, 6) is -0.981. The molecule has 0 saturated heterocycles. The zero-order valence-corrected chi connectivity index (χ0v) is 6.23. The van der Waals surface area contributed by atoms with E-state index in [1.165, 1.54) is 7.11 Å². The number of aliphatic carboxylic acids is 1. The summed E-state index contributed by atoms with van der Waals surface area (Å²) in [6.45, 7) is 2.62. The first-order valence-electron chi connectivity index (χ1n) is 2.75. The zero-order valence-electron chi connectivity index (χ0n) is 6.23. The first-order valence-corrected chi connectivity index (χ1v) is 2.75. The van der Waals surface area contributed by atoms with Gasteiger partial charge < -0.3 is 20.1 Å². The van der Waals surface area contributed by atoms with E-state index in [1.807, 2.05) is 0 Å². The number of aliphatic hydroxyl groups is 2. The van der Waals surface area contributed by atoms with Crippen molar-refractivity contribution in [2.75, 3.05) is 13.7 Å². The van der Waals surface area contributed by atoms with Gasteiger partial charge in [-0.25, -0.2) is 4.79 Å². The summed E-state index contributed by atoms with van der Waals surface area (Å²) in [6, 6.07) is 0. The molecule has 0 aromatic rings. The Kier molecular flexibility index (Phi) is 10.5. The van der Waals surface area contributed by atoms with Crippen molar-refractivity contribution in [2.45, 2.75) is 6.29 Å². The van der Waals surface area contributed by atoms with Gasteiger partial charge in [-0.2, -0.15) is 0 Å². The van der Waals surface area contributed by atoms with Crippen molar-refractivity contribution in [3.63, 3.8) is 0 Å². The van der Waals surface area contributed by atoms with Crippen molar-refractivity contribution in [2.24, 2.45) is 0 Å². The van der Waals surface area contributed by atoms with Gasteiger partial charge in [0.25, 0.3) is 0 Å². The fourth-order valence-corrected chi connectivity index (χ4v) is 0.0745. The fraction of sp³-hybridized carbons (Fsp3) is 0.500. The van der Waals surface area contributed by atoms with E-state index in [-0.39, 0.29) is 6.61 Å².